The highest BCUT2D eigenvalue weighted by Gasteiger charge is 2.29. The van der Waals surface area contributed by atoms with E-state index < -0.39 is 11.7 Å². The van der Waals surface area contributed by atoms with Gasteiger partial charge >= 0.3 is 6.18 Å². The van der Waals surface area contributed by atoms with Crippen LogP contribution in [0.2, 0.25) is 5.02 Å². The molecule has 26 heavy (non-hydrogen) atoms. The second-order valence-corrected chi connectivity index (χ2v) is 6.32. The normalized spacial score (nSPS) is 11.9. The summed E-state index contributed by atoms with van der Waals surface area (Å²) in [6.07, 6.45) is -4.33. The van der Waals surface area contributed by atoms with E-state index in [4.69, 9.17) is 16.1 Å². The fourth-order valence-electron chi connectivity index (χ4n) is 2.43. The lowest BCUT2D eigenvalue weighted by Crippen LogP contribution is -2.17. The summed E-state index contributed by atoms with van der Waals surface area (Å²) < 4.78 is 43.0. The number of halogens is 4. The average Bonchev–Trinajstić information content (AvgIpc) is 3.03. The van der Waals surface area contributed by atoms with E-state index in [1.807, 2.05) is 11.9 Å². The molecule has 0 bridgehead atoms. The van der Waals surface area contributed by atoms with Crippen LogP contribution in [-0.2, 0) is 19.3 Å². The van der Waals surface area contributed by atoms with Crippen LogP contribution >= 0.6 is 11.6 Å². The Kier molecular flexibility index (Phi) is 5.29. The minimum atomic E-state index is -4.33. The summed E-state index contributed by atoms with van der Waals surface area (Å²) in [4.78, 5) is 6.20. The fourth-order valence-corrected chi connectivity index (χ4v) is 2.56. The van der Waals surface area contributed by atoms with Crippen LogP contribution in [0.1, 0.15) is 17.0 Å². The Balaban J connectivity index is 1.61. The zero-order valence-electron chi connectivity index (χ0n) is 13.8. The van der Waals surface area contributed by atoms with Gasteiger partial charge in [-0.1, -0.05) is 28.9 Å². The standard InChI is InChI=1S/C18H15ClF3N3O/c1-25(10-12-2-6-14(7-3-12)18(20,21)22)11-16-23-17(24-26-16)13-4-8-15(19)9-5-13/h2-9H,10-11H2,1H3. The minimum absolute atomic E-state index is 0.377. The zero-order chi connectivity index (χ0) is 18.7. The summed E-state index contributed by atoms with van der Waals surface area (Å²) in [5, 5.41) is 4.55. The Labute approximate surface area is 153 Å². The number of aromatic nitrogens is 2. The predicted octanol–water partition coefficient (Wildman–Crippen LogP) is 5.04. The average molecular weight is 382 g/mol. The van der Waals surface area contributed by atoms with E-state index in [9.17, 15) is 13.2 Å². The van der Waals surface area contributed by atoms with E-state index in [2.05, 4.69) is 10.1 Å². The lowest BCUT2D eigenvalue weighted by atomic mass is 10.1. The van der Waals surface area contributed by atoms with Crippen LogP contribution in [0, 0.1) is 0 Å². The third kappa shape index (κ3) is 4.62. The van der Waals surface area contributed by atoms with Gasteiger partial charge in [-0.25, -0.2) is 0 Å². The van der Waals surface area contributed by atoms with Gasteiger partial charge in [0.25, 0.3) is 0 Å². The van der Waals surface area contributed by atoms with E-state index >= 15 is 0 Å². The van der Waals surface area contributed by atoms with Gasteiger partial charge in [-0.05, 0) is 49.0 Å². The van der Waals surface area contributed by atoms with Crippen molar-refractivity contribution in [3.63, 3.8) is 0 Å². The lowest BCUT2D eigenvalue weighted by Gasteiger charge is -2.14. The van der Waals surface area contributed by atoms with Gasteiger partial charge in [0.15, 0.2) is 0 Å². The van der Waals surface area contributed by atoms with Crippen LogP contribution in [0.15, 0.2) is 53.1 Å². The molecular formula is C18H15ClF3N3O. The van der Waals surface area contributed by atoms with Gasteiger partial charge in [0.1, 0.15) is 0 Å². The number of hydrogen-bond acceptors (Lipinski definition) is 4. The largest absolute Gasteiger partial charge is 0.416 e. The summed E-state index contributed by atoms with van der Waals surface area (Å²) in [7, 11) is 1.82. The third-order valence-electron chi connectivity index (χ3n) is 3.71. The van der Waals surface area contributed by atoms with E-state index in [0.717, 1.165) is 23.3 Å². The number of alkyl halides is 3. The molecule has 136 valence electrons. The Morgan fingerprint density at radius 2 is 1.65 bits per heavy atom. The summed E-state index contributed by atoms with van der Waals surface area (Å²) in [5.41, 5.74) is 0.890. The maximum absolute atomic E-state index is 12.6. The molecule has 0 radical (unpaired) electrons. The first-order chi connectivity index (χ1) is 12.3. The van der Waals surface area contributed by atoms with Crippen LogP contribution in [0.4, 0.5) is 13.2 Å². The molecule has 0 saturated heterocycles. The predicted molar refractivity (Wildman–Crippen MR) is 91.4 cm³/mol. The van der Waals surface area contributed by atoms with Gasteiger partial charge in [0.05, 0.1) is 12.1 Å². The van der Waals surface area contributed by atoms with Gasteiger partial charge in [0.2, 0.25) is 11.7 Å². The number of nitrogens with zero attached hydrogens (tertiary/aromatic N) is 3. The van der Waals surface area contributed by atoms with Crippen molar-refractivity contribution in [1.29, 1.82) is 0 Å². The molecule has 0 saturated carbocycles. The van der Waals surface area contributed by atoms with Gasteiger partial charge in [-0.2, -0.15) is 18.2 Å². The first kappa shape index (κ1) is 18.4. The monoisotopic (exact) mass is 381 g/mol. The third-order valence-corrected chi connectivity index (χ3v) is 3.96. The highest BCUT2D eigenvalue weighted by molar-refractivity contribution is 6.30. The SMILES string of the molecule is CN(Cc1ccc(C(F)(F)F)cc1)Cc1nc(-c2ccc(Cl)cc2)no1. The molecule has 0 atom stereocenters. The van der Waals surface area contributed by atoms with E-state index in [-0.39, 0.29) is 0 Å². The van der Waals surface area contributed by atoms with Crippen molar-refractivity contribution in [3.05, 3.63) is 70.6 Å². The smallest absolute Gasteiger partial charge is 0.338 e. The van der Waals surface area contributed by atoms with Crippen molar-refractivity contribution in [3.8, 4) is 11.4 Å². The topological polar surface area (TPSA) is 42.2 Å². The van der Waals surface area contributed by atoms with Crippen LogP contribution in [-0.4, -0.2) is 22.1 Å². The van der Waals surface area contributed by atoms with E-state index in [1.165, 1.54) is 12.1 Å². The molecule has 0 aliphatic rings. The van der Waals surface area contributed by atoms with Crippen molar-refractivity contribution >= 4 is 11.6 Å². The highest BCUT2D eigenvalue weighted by Crippen LogP contribution is 2.29. The van der Waals surface area contributed by atoms with E-state index in [0.29, 0.717) is 29.8 Å². The number of benzene rings is 2. The molecule has 3 rings (SSSR count). The molecule has 1 aromatic heterocycles. The Hall–Kier alpha value is -2.38. The molecule has 0 fully saturated rings. The zero-order valence-corrected chi connectivity index (χ0v) is 14.6. The summed E-state index contributed by atoms with van der Waals surface area (Å²) in [6.45, 7) is 0.832. The molecule has 0 unspecified atom stereocenters. The molecule has 0 N–H and O–H groups in total. The molecular weight excluding hydrogens is 367 g/mol. The van der Waals surface area contributed by atoms with Crippen LogP contribution in [0.3, 0.4) is 0 Å². The first-order valence-electron chi connectivity index (χ1n) is 7.74. The molecule has 2 aromatic carbocycles. The highest BCUT2D eigenvalue weighted by atomic mass is 35.5. The molecule has 4 nitrogen and oxygen atoms in total. The number of hydrogen-bond donors (Lipinski definition) is 0. The van der Waals surface area contributed by atoms with Crippen molar-refractivity contribution in [2.75, 3.05) is 7.05 Å². The summed E-state index contributed by atoms with van der Waals surface area (Å²) >= 11 is 5.85. The van der Waals surface area contributed by atoms with Crippen molar-refractivity contribution in [2.24, 2.45) is 0 Å². The quantitative estimate of drug-likeness (QED) is 0.621. The maximum atomic E-state index is 12.6. The molecule has 1 heterocycles. The molecule has 0 aliphatic heterocycles. The van der Waals surface area contributed by atoms with Crippen molar-refractivity contribution < 1.29 is 17.7 Å². The molecule has 8 heteroatoms. The maximum Gasteiger partial charge on any atom is 0.416 e. The second kappa shape index (κ2) is 7.47. The molecule has 0 aliphatic carbocycles. The molecule has 0 spiro atoms. The van der Waals surface area contributed by atoms with Crippen molar-refractivity contribution in [2.45, 2.75) is 19.3 Å². The first-order valence-corrected chi connectivity index (χ1v) is 8.12. The Morgan fingerprint density at radius 1 is 1.00 bits per heavy atom. The summed E-state index contributed by atoms with van der Waals surface area (Å²) in [5.74, 6) is 0.879. The van der Waals surface area contributed by atoms with Crippen LogP contribution in [0.5, 0.6) is 0 Å². The van der Waals surface area contributed by atoms with E-state index in [1.54, 1.807) is 24.3 Å². The lowest BCUT2D eigenvalue weighted by molar-refractivity contribution is -0.137. The summed E-state index contributed by atoms with van der Waals surface area (Å²) in [6, 6.07) is 12.2. The van der Waals surface area contributed by atoms with Gasteiger partial charge in [-0.15, -0.1) is 0 Å². The van der Waals surface area contributed by atoms with Crippen molar-refractivity contribution in [1.82, 2.24) is 15.0 Å². The number of rotatable bonds is 5. The van der Waals surface area contributed by atoms with Crippen LogP contribution < -0.4 is 0 Å². The molecule has 0 amide bonds. The Bertz CT molecular complexity index is 861. The fraction of sp³-hybridized carbons (Fsp3) is 0.222. The van der Waals surface area contributed by atoms with Gasteiger partial charge in [0, 0.05) is 17.1 Å². The minimum Gasteiger partial charge on any atom is -0.338 e. The molecule has 3 aromatic rings. The van der Waals surface area contributed by atoms with Crippen LogP contribution in [0.25, 0.3) is 11.4 Å². The Morgan fingerprint density at radius 3 is 2.27 bits per heavy atom. The van der Waals surface area contributed by atoms with Gasteiger partial charge in [-0.3, -0.25) is 4.90 Å². The van der Waals surface area contributed by atoms with Gasteiger partial charge < -0.3 is 4.52 Å². The second-order valence-electron chi connectivity index (χ2n) is 5.89.